The Morgan fingerprint density at radius 2 is 1.67 bits per heavy atom. The largest absolute Gasteiger partial charge is 2.00 e. The minimum Gasteiger partial charge on any atom is -0.542 e. The molecule has 0 aliphatic carbocycles. The van der Waals surface area contributed by atoms with Gasteiger partial charge in [-0.2, -0.15) is 13.3 Å². The summed E-state index contributed by atoms with van der Waals surface area (Å²) in [6, 6.07) is 0. The molecule has 3 heteroatoms. The zero-order valence-electron chi connectivity index (χ0n) is 5.64. The van der Waals surface area contributed by atoms with Gasteiger partial charge in [0, 0.05) is 0 Å². The van der Waals surface area contributed by atoms with Crippen molar-refractivity contribution in [3.8, 4) is 0 Å². The van der Waals surface area contributed by atoms with Gasteiger partial charge in [0.1, 0.15) is 0 Å². The molecule has 0 spiro atoms. The molecule has 0 aromatic rings. The van der Waals surface area contributed by atoms with Gasteiger partial charge in [-0.1, -0.05) is 13.3 Å². The first kappa shape index (κ1) is 15.9. The fourth-order valence-corrected chi connectivity index (χ4v) is 0.102. The Labute approximate surface area is 66.8 Å². The molecule has 2 nitrogen and oxygen atoms in total. The Balaban J connectivity index is -0.0000000800. The Morgan fingerprint density at radius 1 is 1.33 bits per heavy atom. The van der Waals surface area contributed by atoms with Crippen LogP contribution in [0, 0.1) is 0 Å². The maximum atomic E-state index is 9.28. The van der Waals surface area contributed by atoms with E-state index in [9.17, 15) is 4.79 Å². The summed E-state index contributed by atoms with van der Waals surface area (Å²) in [4.78, 5) is 18.0. The topological polar surface area (TPSA) is 34.1 Å². The molecule has 0 N–H and O–H groups in total. The molecule has 0 unspecified atom stereocenters. The van der Waals surface area contributed by atoms with Crippen LogP contribution in [0.2, 0.25) is 0 Å². The van der Waals surface area contributed by atoms with Crippen molar-refractivity contribution in [2.75, 3.05) is 0 Å². The zero-order valence-corrected chi connectivity index (χ0v) is 6.91. The second kappa shape index (κ2) is 24.8. The zero-order chi connectivity index (χ0) is 6.83. The van der Waals surface area contributed by atoms with Crippen molar-refractivity contribution in [1.82, 2.24) is 0 Å². The van der Waals surface area contributed by atoms with Crippen molar-refractivity contribution in [2.45, 2.75) is 26.7 Å². The van der Waals surface area contributed by atoms with Crippen LogP contribution in [0.4, 0.5) is 0 Å². The fraction of sp³-hybridized carbons (Fsp3) is 0.667. The van der Waals surface area contributed by atoms with E-state index in [0.29, 0.717) is 6.42 Å². The van der Waals surface area contributed by atoms with Crippen LogP contribution in [-0.2, 0) is 27.0 Å². The van der Waals surface area contributed by atoms with Crippen molar-refractivity contribution in [3.05, 3.63) is 0 Å². The maximum absolute atomic E-state index is 9.28. The number of hydrogen-bond donors (Lipinski definition) is 0. The van der Waals surface area contributed by atoms with Crippen LogP contribution in [0.25, 0.3) is 0 Å². The molecule has 0 saturated carbocycles. The molecule has 0 atom stereocenters. The molecule has 0 fully saturated rings. The monoisotopic (exact) mass is 166 g/mol. The van der Waals surface area contributed by atoms with Crippen LogP contribution in [0.5, 0.6) is 0 Å². The summed E-state index contributed by atoms with van der Waals surface area (Å²) in [6.45, 7) is 3.27. The van der Waals surface area contributed by atoms with Crippen molar-refractivity contribution in [1.29, 1.82) is 0 Å². The molecule has 0 bridgehead atoms. The molecule has 0 rings (SSSR count). The Bertz CT molecular complexity index is 55.0. The third kappa shape index (κ3) is 77.4. The first-order valence-corrected chi connectivity index (χ1v) is 2.47. The van der Waals surface area contributed by atoms with E-state index in [0.717, 1.165) is 6.42 Å². The summed E-state index contributed by atoms with van der Waals surface area (Å²) < 4.78 is 0. The molecule has 0 amide bonds. The minimum absolute atomic E-state index is 0. The molecular formula is C6H10CrO2. The molecule has 52 valence electrons. The van der Waals surface area contributed by atoms with Gasteiger partial charge >= 0.3 is 17.4 Å². The van der Waals surface area contributed by atoms with Crippen molar-refractivity contribution < 1.29 is 27.0 Å². The average molecular weight is 166 g/mol. The van der Waals surface area contributed by atoms with Gasteiger partial charge in [0.15, 0.2) is 0 Å². The van der Waals surface area contributed by atoms with E-state index >= 15 is 0 Å². The van der Waals surface area contributed by atoms with E-state index in [4.69, 9.17) is 4.79 Å². The molecule has 0 aliphatic heterocycles. The Kier molecular flexibility index (Phi) is 43.9. The van der Waals surface area contributed by atoms with E-state index in [2.05, 4.69) is 0 Å². The van der Waals surface area contributed by atoms with E-state index < -0.39 is 0 Å². The van der Waals surface area contributed by atoms with Crippen LogP contribution >= 0.6 is 0 Å². The first-order chi connectivity index (χ1) is 3.83. The molecule has 0 aromatic heterocycles. The van der Waals surface area contributed by atoms with E-state index in [1.165, 1.54) is 13.2 Å². The summed E-state index contributed by atoms with van der Waals surface area (Å²) in [5, 5.41) is 0. The summed E-state index contributed by atoms with van der Waals surface area (Å²) >= 11 is 0. The van der Waals surface area contributed by atoms with Crippen molar-refractivity contribution in [3.63, 3.8) is 0 Å². The van der Waals surface area contributed by atoms with Crippen LogP contribution < -0.4 is 0 Å². The number of carbonyl (C=O) groups excluding carboxylic acids is 2. The Morgan fingerprint density at radius 3 is 1.67 bits per heavy atom. The smallest absolute Gasteiger partial charge is 0.542 e. The van der Waals surface area contributed by atoms with Gasteiger partial charge in [0.25, 0.3) is 0 Å². The number of hydrogen-bond acceptors (Lipinski definition) is 2. The van der Waals surface area contributed by atoms with Crippen LogP contribution in [0.15, 0.2) is 0 Å². The van der Waals surface area contributed by atoms with Gasteiger partial charge in [-0.15, -0.1) is 0 Å². The van der Waals surface area contributed by atoms with Crippen LogP contribution in [0.3, 0.4) is 0 Å². The van der Waals surface area contributed by atoms with Gasteiger partial charge in [-0.05, 0) is 0 Å². The molecule has 0 aliphatic rings. The minimum atomic E-state index is 0. The predicted octanol–water partition coefficient (Wildman–Crippen LogP) is 1.01. The summed E-state index contributed by atoms with van der Waals surface area (Å²) in [6.07, 6.45) is 4.77. The van der Waals surface area contributed by atoms with Crippen LogP contribution in [-0.4, -0.2) is 12.6 Å². The third-order valence-corrected chi connectivity index (χ3v) is 0.352. The molecule has 0 aromatic carbocycles. The Hall–Kier alpha value is -0.128. The van der Waals surface area contributed by atoms with Gasteiger partial charge in [-0.3, -0.25) is 12.6 Å². The summed E-state index contributed by atoms with van der Waals surface area (Å²) in [5.41, 5.74) is 0. The van der Waals surface area contributed by atoms with Gasteiger partial charge < -0.3 is 9.59 Å². The molecule has 0 saturated heterocycles. The van der Waals surface area contributed by atoms with Crippen molar-refractivity contribution in [2.24, 2.45) is 0 Å². The molecular weight excluding hydrogens is 156 g/mol. The summed E-state index contributed by atoms with van der Waals surface area (Å²) in [5.74, 6) is 0. The second-order valence-corrected chi connectivity index (χ2v) is 1.10. The molecule has 0 radical (unpaired) electrons. The first-order valence-electron chi connectivity index (χ1n) is 2.47. The SMILES string of the molecule is CCC[C-]=O.C[C-]=O.[Cr+2]. The number of rotatable bonds is 2. The summed E-state index contributed by atoms with van der Waals surface area (Å²) in [7, 11) is 0. The molecule has 9 heavy (non-hydrogen) atoms. The molecule has 0 heterocycles. The van der Waals surface area contributed by atoms with Crippen molar-refractivity contribution >= 4 is 12.6 Å². The normalized spacial score (nSPS) is 5.56. The number of unbranched alkanes of at least 4 members (excludes halogenated alkanes) is 1. The van der Waals surface area contributed by atoms with Crippen LogP contribution in [0.1, 0.15) is 26.7 Å². The standard InChI is InChI=1S/C4H7O.C2H3O.Cr/c1-2-3-4-5;1-2-3;/h2-3H2,1H3;1H3;/q2*-1;+2. The van der Waals surface area contributed by atoms with E-state index in [1.807, 2.05) is 6.92 Å². The average Bonchev–Trinajstić information content (AvgIpc) is 1.71. The predicted molar refractivity (Wildman–Crippen MR) is 32.0 cm³/mol. The third-order valence-electron chi connectivity index (χ3n) is 0.352. The maximum Gasteiger partial charge on any atom is 2.00 e. The van der Waals surface area contributed by atoms with Gasteiger partial charge in [-0.25, -0.2) is 0 Å². The van der Waals surface area contributed by atoms with Gasteiger partial charge in [0.2, 0.25) is 0 Å². The quantitative estimate of drug-likeness (QED) is 0.573. The second-order valence-electron chi connectivity index (χ2n) is 1.10. The fourth-order valence-electron chi connectivity index (χ4n) is 0.102. The van der Waals surface area contributed by atoms with E-state index in [1.54, 1.807) is 6.29 Å². The van der Waals surface area contributed by atoms with Gasteiger partial charge in [0.05, 0.1) is 0 Å². The van der Waals surface area contributed by atoms with E-state index in [-0.39, 0.29) is 17.4 Å².